The van der Waals surface area contributed by atoms with Crippen molar-refractivity contribution in [2.75, 3.05) is 18.6 Å². The largest absolute Gasteiger partial charge is 0.496 e. The molecule has 3 rings (SSSR count). The van der Waals surface area contributed by atoms with Crippen molar-refractivity contribution in [3.63, 3.8) is 0 Å². The number of carbonyl (C=O) groups is 1. The molecule has 1 amide bonds. The lowest BCUT2D eigenvalue weighted by Gasteiger charge is -2.47. The number of carbonyl (C=O) groups excluding carboxylic acids is 1. The zero-order chi connectivity index (χ0) is 22.1. The molecule has 6 heteroatoms. The van der Waals surface area contributed by atoms with Gasteiger partial charge in [-0.1, -0.05) is 22.9 Å². The normalized spacial score (nSPS) is 17.7. The summed E-state index contributed by atoms with van der Waals surface area (Å²) in [7, 11) is 1.54. The number of ether oxygens (including phenoxy) is 1. The summed E-state index contributed by atoms with van der Waals surface area (Å²) in [5.74, 6) is 0.658. The molecule has 1 atom stereocenters. The molecule has 1 heterocycles. The van der Waals surface area contributed by atoms with Gasteiger partial charge in [0.05, 0.1) is 18.9 Å². The third kappa shape index (κ3) is 4.38. The van der Waals surface area contributed by atoms with Crippen LogP contribution in [0.5, 0.6) is 5.75 Å². The number of nitrogens with zero attached hydrogens (tertiary/aromatic N) is 2. The summed E-state index contributed by atoms with van der Waals surface area (Å²) in [5, 5.41) is 4.22. The Balaban J connectivity index is 1.85. The Morgan fingerprint density at radius 3 is 2.77 bits per heavy atom. The van der Waals surface area contributed by atoms with Crippen LogP contribution in [0.15, 0.2) is 39.9 Å². The van der Waals surface area contributed by atoms with Gasteiger partial charge >= 0.3 is 0 Å². The van der Waals surface area contributed by atoms with Crippen LogP contribution in [0.1, 0.15) is 67.1 Å². The van der Waals surface area contributed by atoms with E-state index in [1.165, 1.54) is 11.3 Å². The van der Waals surface area contributed by atoms with Gasteiger partial charge in [-0.05, 0) is 87.1 Å². The molecule has 0 spiro atoms. The van der Waals surface area contributed by atoms with Crippen LogP contribution in [0.4, 0.5) is 5.69 Å². The Morgan fingerprint density at radius 2 is 2.10 bits per heavy atom. The number of anilines is 1. The number of nitrogens with one attached hydrogen (secondary N) is 1. The Hall–Kier alpha value is -2.34. The molecular formula is C24H30BrN3O2. The van der Waals surface area contributed by atoms with E-state index in [1.807, 2.05) is 6.07 Å². The van der Waals surface area contributed by atoms with Crippen LogP contribution in [0.2, 0.25) is 0 Å². The van der Waals surface area contributed by atoms with Crippen LogP contribution in [0, 0.1) is 6.92 Å². The number of aryl methyl sites for hydroxylation is 1. The molecule has 0 saturated carbocycles. The van der Waals surface area contributed by atoms with E-state index in [0.717, 1.165) is 28.6 Å². The van der Waals surface area contributed by atoms with E-state index in [0.29, 0.717) is 17.2 Å². The fourth-order valence-electron chi connectivity index (χ4n) is 4.47. The van der Waals surface area contributed by atoms with Crippen LogP contribution >= 0.6 is 15.9 Å². The van der Waals surface area contributed by atoms with Crippen molar-refractivity contribution >= 4 is 33.7 Å². The number of amides is 1. The predicted octanol–water partition coefficient (Wildman–Crippen LogP) is 5.64. The zero-order valence-corrected chi connectivity index (χ0v) is 20.1. The van der Waals surface area contributed by atoms with Crippen molar-refractivity contribution in [1.82, 2.24) is 5.43 Å². The van der Waals surface area contributed by atoms with Gasteiger partial charge in [-0.2, -0.15) is 5.10 Å². The fourth-order valence-corrected chi connectivity index (χ4v) is 4.83. The molecule has 0 saturated heterocycles. The predicted molar refractivity (Wildman–Crippen MR) is 127 cm³/mol. The Kier molecular flexibility index (Phi) is 6.56. The van der Waals surface area contributed by atoms with E-state index >= 15 is 0 Å². The quantitative estimate of drug-likeness (QED) is 0.453. The van der Waals surface area contributed by atoms with Crippen molar-refractivity contribution < 1.29 is 9.53 Å². The van der Waals surface area contributed by atoms with Gasteiger partial charge in [-0.15, -0.1) is 0 Å². The average molecular weight is 472 g/mol. The number of halogens is 1. The number of hydrogen-bond acceptors (Lipinski definition) is 4. The molecule has 0 aliphatic carbocycles. The van der Waals surface area contributed by atoms with Crippen LogP contribution in [0.25, 0.3) is 0 Å². The van der Waals surface area contributed by atoms with Gasteiger partial charge in [0.25, 0.3) is 5.91 Å². The molecule has 5 nitrogen and oxygen atoms in total. The lowest BCUT2D eigenvalue weighted by Crippen LogP contribution is -2.48. The average Bonchev–Trinajstić information content (AvgIpc) is 2.68. The lowest BCUT2D eigenvalue weighted by atomic mass is 9.79. The molecule has 1 aliphatic rings. The van der Waals surface area contributed by atoms with E-state index < -0.39 is 0 Å². The minimum Gasteiger partial charge on any atom is -0.496 e. The Bertz CT molecular complexity index is 985. The van der Waals surface area contributed by atoms with Crippen molar-refractivity contribution in [2.45, 2.75) is 52.5 Å². The highest BCUT2D eigenvalue weighted by molar-refractivity contribution is 9.10. The molecule has 160 valence electrons. The molecule has 0 aromatic heterocycles. The van der Waals surface area contributed by atoms with Gasteiger partial charge < -0.3 is 9.64 Å². The minimum atomic E-state index is -0.313. The standard InChI is InChI=1S/C24H30BrN3O2/c1-7-28-21-10-15(2)17(11-19(21)16(3)13-24(28,4)5)14-26-27-23(29)20-12-18(25)8-9-22(20)30-6/h8-12,14,16H,7,13H2,1-6H3,(H,27,29)/b26-14-/t16-/m0/s1. The second kappa shape index (κ2) is 8.80. The second-order valence-corrected chi connectivity index (χ2v) is 9.39. The number of rotatable bonds is 5. The Morgan fingerprint density at radius 1 is 1.37 bits per heavy atom. The summed E-state index contributed by atoms with van der Waals surface area (Å²) in [4.78, 5) is 15.0. The third-order valence-electron chi connectivity index (χ3n) is 5.87. The Labute approximate surface area is 187 Å². The molecule has 0 fully saturated rings. The number of fused-ring (bicyclic) bond motifs is 1. The first kappa shape index (κ1) is 22.3. The number of hydrazone groups is 1. The van der Waals surface area contributed by atoms with E-state index in [2.05, 4.69) is 78.1 Å². The fraction of sp³-hybridized carbons (Fsp3) is 0.417. The summed E-state index contributed by atoms with van der Waals surface area (Å²) in [6, 6.07) is 9.76. The van der Waals surface area contributed by atoms with Crippen molar-refractivity contribution in [3.8, 4) is 5.75 Å². The molecular weight excluding hydrogens is 442 g/mol. The highest BCUT2D eigenvalue weighted by Gasteiger charge is 2.35. The maximum Gasteiger partial charge on any atom is 0.275 e. The first-order valence-electron chi connectivity index (χ1n) is 10.3. The molecule has 2 aromatic rings. The lowest BCUT2D eigenvalue weighted by molar-refractivity contribution is 0.0952. The van der Waals surface area contributed by atoms with Gasteiger partial charge in [0.15, 0.2) is 0 Å². The van der Waals surface area contributed by atoms with Crippen LogP contribution in [0.3, 0.4) is 0 Å². The highest BCUT2D eigenvalue weighted by atomic mass is 79.9. The van der Waals surface area contributed by atoms with E-state index in [-0.39, 0.29) is 11.4 Å². The molecule has 0 bridgehead atoms. The van der Waals surface area contributed by atoms with Crippen molar-refractivity contribution in [1.29, 1.82) is 0 Å². The van der Waals surface area contributed by atoms with Gasteiger partial charge in [-0.25, -0.2) is 5.43 Å². The van der Waals surface area contributed by atoms with Crippen molar-refractivity contribution in [3.05, 3.63) is 57.1 Å². The number of hydrogen-bond donors (Lipinski definition) is 1. The first-order valence-corrected chi connectivity index (χ1v) is 11.1. The minimum absolute atomic E-state index is 0.139. The maximum atomic E-state index is 12.6. The van der Waals surface area contributed by atoms with E-state index in [4.69, 9.17) is 4.74 Å². The summed E-state index contributed by atoms with van der Waals surface area (Å²) < 4.78 is 6.08. The van der Waals surface area contributed by atoms with E-state index in [1.54, 1.807) is 25.5 Å². The number of benzene rings is 2. The summed E-state index contributed by atoms with van der Waals surface area (Å²) in [6.07, 6.45) is 2.83. The molecule has 2 aromatic carbocycles. The topological polar surface area (TPSA) is 53.9 Å². The first-order chi connectivity index (χ1) is 14.2. The highest BCUT2D eigenvalue weighted by Crippen LogP contribution is 2.44. The number of methoxy groups -OCH3 is 1. The zero-order valence-electron chi connectivity index (χ0n) is 18.5. The second-order valence-electron chi connectivity index (χ2n) is 8.47. The van der Waals surface area contributed by atoms with Gasteiger partial charge in [-0.3, -0.25) is 4.79 Å². The maximum absolute atomic E-state index is 12.6. The SMILES string of the molecule is CCN1c2cc(C)c(/C=N\NC(=O)c3cc(Br)ccc3OC)cc2[C@@H](C)CC1(C)C. The van der Waals surface area contributed by atoms with Crippen LogP contribution in [-0.4, -0.2) is 31.3 Å². The van der Waals surface area contributed by atoms with Gasteiger partial charge in [0, 0.05) is 22.2 Å². The van der Waals surface area contributed by atoms with Gasteiger partial charge in [0.1, 0.15) is 5.75 Å². The van der Waals surface area contributed by atoms with Crippen LogP contribution in [-0.2, 0) is 0 Å². The van der Waals surface area contributed by atoms with E-state index in [9.17, 15) is 4.79 Å². The molecule has 30 heavy (non-hydrogen) atoms. The monoisotopic (exact) mass is 471 g/mol. The summed E-state index contributed by atoms with van der Waals surface area (Å²) in [5.41, 5.74) is 7.98. The summed E-state index contributed by atoms with van der Waals surface area (Å²) in [6.45, 7) is 12.2. The smallest absolute Gasteiger partial charge is 0.275 e. The summed E-state index contributed by atoms with van der Waals surface area (Å²) >= 11 is 3.39. The molecule has 1 N–H and O–H groups in total. The molecule has 0 unspecified atom stereocenters. The molecule has 1 aliphatic heterocycles. The van der Waals surface area contributed by atoms with Gasteiger partial charge in [0.2, 0.25) is 0 Å². The third-order valence-corrected chi connectivity index (χ3v) is 6.36. The van der Waals surface area contributed by atoms with Crippen LogP contribution < -0.4 is 15.1 Å². The molecule has 0 radical (unpaired) electrons. The van der Waals surface area contributed by atoms with Crippen molar-refractivity contribution in [2.24, 2.45) is 5.10 Å².